The predicted molar refractivity (Wildman–Crippen MR) is 80.7 cm³/mol. The number of anilines is 1. The van der Waals surface area contributed by atoms with Gasteiger partial charge in [-0.25, -0.2) is 0 Å². The van der Waals surface area contributed by atoms with E-state index in [2.05, 4.69) is 40.7 Å². The Kier molecular flexibility index (Phi) is 4.71. The van der Waals surface area contributed by atoms with Crippen LogP contribution in [0.4, 0.5) is 5.69 Å². The van der Waals surface area contributed by atoms with Crippen molar-refractivity contribution >= 4 is 11.6 Å². The Balaban J connectivity index is 2.03. The normalized spacial score (nSPS) is 10.1. The van der Waals surface area contributed by atoms with Crippen LogP contribution in [0.5, 0.6) is 0 Å². The van der Waals surface area contributed by atoms with Crippen molar-refractivity contribution in [3.05, 3.63) is 59.4 Å². The molecule has 0 saturated carbocycles. The summed E-state index contributed by atoms with van der Waals surface area (Å²) >= 11 is 0. The first kappa shape index (κ1) is 14.1. The average Bonchev–Trinajstić information content (AvgIpc) is 2.46. The number of amides is 1. The quantitative estimate of drug-likeness (QED) is 0.877. The van der Waals surface area contributed by atoms with Crippen LogP contribution in [0.2, 0.25) is 0 Å². The number of rotatable bonds is 5. The molecule has 4 nitrogen and oxygen atoms in total. The Bertz CT molecular complexity index is 596. The van der Waals surface area contributed by atoms with E-state index in [4.69, 9.17) is 0 Å². The third kappa shape index (κ3) is 3.82. The van der Waals surface area contributed by atoms with E-state index in [1.807, 2.05) is 19.1 Å². The fraction of sp³-hybridized carbons (Fsp3) is 0.250. The Morgan fingerprint density at radius 3 is 2.85 bits per heavy atom. The van der Waals surface area contributed by atoms with Crippen LogP contribution in [0, 0.1) is 6.92 Å². The number of hydrogen-bond acceptors (Lipinski definition) is 3. The second-order valence-electron chi connectivity index (χ2n) is 4.63. The van der Waals surface area contributed by atoms with Gasteiger partial charge in [-0.1, -0.05) is 29.8 Å². The molecule has 0 spiro atoms. The number of aromatic nitrogens is 1. The second kappa shape index (κ2) is 6.70. The fourth-order valence-electron chi connectivity index (χ4n) is 1.94. The van der Waals surface area contributed by atoms with E-state index in [-0.39, 0.29) is 5.91 Å². The smallest absolute Gasteiger partial charge is 0.269 e. The Morgan fingerprint density at radius 1 is 1.25 bits per heavy atom. The van der Waals surface area contributed by atoms with Crippen LogP contribution in [-0.4, -0.2) is 17.4 Å². The van der Waals surface area contributed by atoms with Crippen LogP contribution in [0.25, 0.3) is 0 Å². The maximum absolute atomic E-state index is 11.7. The lowest BCUT2D eigenvalue weighted by Crippen LogP contribution is -2.23. The van der Waals surface area contributed by atoms with Gasteiger partial charge in [0, 0.05) is 25.0 Å². The van der Waals surface area contributed by atoms with E-state index >= 15 is 0 Å². The zero-order chi connectivity index (χ0) is 14.4. The molecular weight excluding hydrogens is 250 g/mol. The summed E-state index contributed by atoms with van der Waals surface area (Å²) in [6.07, 6.45) is 1.64. The Labute approximate surface area is 119 Å². The number of nitrogens with zero attached hydrogens (tertiary/aromatic N) is 1. The molecule has 1 amide bonds. The van der Waals surface area contributed by atoms with Crippen LogP contribution in [0.3, 0.4) is 0 Å². The SMILES string of the molecule is CCNC(=O)c1cc(NCc2cccc(C)c2)ccn1. The monoisotopic (exact) mass is 269 g/mol. The third-order valence-electron chi connectivity index (χ3n) is 2.91. The largest absolute Gasteiger partial charge is 0.381 e. The molecule has 0 fully saturated rings. The molecule has 0 unspecified atom stereocenters. The highest BCUT2D eigenvalue weighted by molar-refractivity contribution is 5.93. The lowest BCUT2D eigenvalue weighted by atomic mass is 10.1. The maximum atomic E-state index is 11.7. The lowest BCUT2D eigenvalue weighted by molar-refractivity contribution is 0.0951. The number of hydrogen-bond donors (Lipinski definition) is 2. The highest BCUT2D eigenvalue weighted by atomic mass is 16.1. The summed E-state index contributed by atoms with van der Waals surface area (Å²) in [6.45, 7) is 5.28. The summed E-state index contributed by atoms with van der Waals surface area (Å²) in [5.74, 6) is -0.147. The molecule has 1 aromatic heterocycles. The molecule has 2 aromatic rings. The highest BCUT2D eigenvalue weighted by Gasteiger charge is 2.06. The molecule has 0 saturated heterocycles. The van der Waals surface area contributed by atoms with Gasteiger partial charge in [-0.15, -0.1) is 0 Å². The summed E-state index contributed by atoms with van der Waals surface area (Å²) in [5.41, 5.74) is 3.77. The van der Waals surface area contributed by atoms with Crippen LogP contribution in [-0.2, 0) is 6.54 Å². The summed E-state index contributed by atoms with van der Waals surface area (Å²) in [7, 11) is 0. The van der Waals surface area contributed by atoms with Gasteiger partial charge in [0.2, 0.25) is 0 Å². The van der Waals surface area contributed by atoms with Gasteiger partial charge in [-0.3, -0.25) is 9.78 Å². The van der Waals surface area contributed by atoms with Crippen molar-refractivity contribution in [3.63, 3.8) is 0 Å². The lowest BCUT2D eigenvalue weighted by Gasteiger charge is -2.08. The molecule has 2 N–H and O–H groups in total. The molecule has 104 valence electrons. The first-order valence-electron chi connectivity index (χ1n) is 6.72. The molecule has 1 heterocycles. The predicted octanol–water partition coefficient (Wildman–Crippen LogP) is 2.75. The Morgan fingerprint density at radius 2 is 2.10 bits per heavy atom. The van der Waals surface area contributed by atoms with E-state index in [0.29, 0.717) is 12.2 Å². The molecule has 4 heteroatoms. The molecule has 0 aliphatic heterocycles. The number of carbonyl (C=O) groups is 1. The van der Waals surface area contributed by atoms with Gasteiger partial charge in [0.1, 0.15) is 5.69 Å². The van der Waals surface area contributed by atoms with E-state index in [0.717, 1.165) is 12.2 Å². The molecule has 2 rings (SSSR count). The topological polar surface area (TPSA) is 54.0 Å². The van der Waals surface area contributed by atoms with Gasteiger partial charge in [0.05, 0.1) is 0 Å². The van der Waals surface area contributed by atoms with Crippen molar-refractivity contribution in [1.29, 1.82) is 0 Å². The van der Waals surface area contributed by atoms with E-state index in [1.54, 1.807) is 12.3 Å². The first-order valence-corrected chi connectivity index (χ1v) is 6.72. The summed E-state index contributed by atoms with van der Waals surface area (Å²) in [6, 6.07) is 12.0. The first-order chi connectivity index (χ1) is 9.69. The fourth-order valence-corrected chi connectivity index (χ4v) is 1.94. The van der Waals surface area contributed by atoms with Gasteiger partial charge < -0.3 is 10.6 Å². The van der Waals surface area contributed by atoms with Crippen molar-refractivity contribution in [2.75, 3.05) is 11.9 Å². The van der Waals surface area contributed by atoms with Crippen LogP contribution in [0.15, 0.2) is 42.6 Å². The van der Waals surface area contributed by atoms with Gasteiger partial charge >= 0.3 is 0 Å². The number of benzene rings is 1. The van der Waals surface area contributed by atoms with Crippen molar-refractivity contribution in [2.24, 2.45) is 0 Å². The Hall–Kier alpha value is -2.36. The average molecular weight is 269 g/mol. The van der Waals surface area contributed by atoms with Crippen molar-refractivity contribution < 1.29 is 4.79 Å². The molecule has 0 atom stereocenters. The van der Waals surface area contributed by atoms with Gasteiger partial charge in [0.15, 0.2) is 0 Å². The molecule has 0 aliphatic rings. The molecule has 20 heavy (non-hydrogen) atoms. The molecule has 0 radical (unpaired) electrons. The third-order valence-corrected chi connectivity index (χ3v) is 2.91. The zero-order valence-corrected chi connectivity index (χ0v) is 11.8. The van der Waals surface area contributed by atoms with Gasteiger partial charge in [-0.05, 0) is 31.5 Å². The van der Waals surface area contributed by atoms with Crippen molar-refractivity contribution in [1.82, 2.24) is 10.3 Å². The summed E-state index contributed by atoms with van der Waals surface area (Å²) < 4.78 is 0. The van der Waals surface area contributed by atoms with Crippen LogP contribution >= 0.6 is 0 Å². The highest BCUT2D eigenvalue weighted by Crippen LogP contribution is 2.11. The second-order valence-corrected chi connectivity index (χ2v) is 4.63. The van der Waals surface area contributed by atoms with Gasteiger partial charge in [0.25, 0.3) is 5.91 Å². The minimum Gasteiger partial charge on any atom is -0.381 e. The molecule has 0 aliphatic carbocycles. The summed E-state index contributed by atoms with van der Waals surface area (Å²) in [4.78, 5) is 15.8. The summed E-state index contributed by atoms with van der Waals surface area (Å²) in [5, 5.41) is 6.05. The number of pyridine rings is 1. The molecule has 1 aromatic carbocycles. The minimum absolute atomic E-state index is 0.147. The number of nitrogens with one attached hydrogen (secondary N) is 2. The number of carbonyl (C=O) groups excluding carboxylic acids is 1. The van der Waals surface area contributed by atoms with E-state index in [9.17, 15) is 4.79 Å². The van der Waals surface area contributed by atoms with Crippen molar-refractivity contribution in [3.8, 4) is 0 Å². The van der Waals surface area contributed by atoms with E-state index < -0.39 is 0 Å². The van der Waals surface area contributed by atoms with E-state index in [1.165, 1.54) is 11.1 Å². The minimum atomic E-state index is -0.147. The van der Waals surface area contributed by atoms with Crippen LogP contribution in [0.1, 0.15) is 28.5 Å². The zero-order valence-electron chi connectivity index (χ0n) is 11.8. The number of aryl methyl sites for hydroxylation is 1. The molecule has 0 bridgehead atoms. The van der Waals surface area contributed by atoms with Gasteiger partial charge in [-0.2, -0.15) is 0 Å². The molecular formula is C16H19N3O. The maximum Gasteiger partial charge on any atom is 0.269 e. The standard InChI is InChI=1S/C16H19N3O/c1-3-17-16(20)15-10-14(7-8-18-15)19-11-13-6-4-5-12(2)9-13/h4-10H,3,11H2,1-2H3,(H,17,20)(H,18,19). The van der Waals surface area contributed by atoms with Crippen molar-refractivity contribution in [2.45, 2.75) is 20.4 Å². The van der Waals surface area contributed by atoms with Crippen LogP contribution < -0.4 is 10.6 Å².